The molecule has 0 heterocycles. The largest absolute Gasteiger partial charge is 2.00 e. The Labute approximate surface area is 494 Å². The maximum atomic E-state index is 10.1. The fourth-order valence-electron chi connectivity index (χ4n) is 1.87. The topological polar surface area (TPSA) is 414 Å². The number of phosphoric acid groups is 3. The van der Waals surface area contributed by atoms with Crippen LogP contribution in [0.2, 0.25) is 0 Å². The Morgan fingerprint density at radius 3 is 0.896 bits per heavy atom. The molecule has 36 heteroatoms. The Balaban J connectivity index is -0.0000000207. The van der Waals surface area contributed by atoms with Gasteiger partial charge < -0.3 is 86.8 Å². The van der Waals surface area contributed by atoms with E-state index < -0.39 is 41.8 Å². The van der Waals surface area contributed by atoms with Crippen LogP contribution in [-0.2, 0) is 37.2 Å². The van der Waals surface area contributed by atoms with Crippen LogP contribution in [0.3, 0.4) is 0 Å². The van der Waals surface area contributed by atoms with Gasteiger partial charge in [-0.2, -0.15) is 7.82 Å². The van der Waals surface area contributed by atoms with Gasteiger partial charge in [0.25, 0.3) is 0 Å². The van der Waals surface area contributed by atoms with E-state index in [0.717, 1.165) is 12.8 Å². The summed E-state index contributed by atoms with van der Waals surface area (Å²) in [6, 6.07) is 0. The van der Waals surface area contributed by atoms with Gasteiger partial charge in [0.05, 0.1) is 22.3 Å². The van der Waals surface area contributed by atoms with Crippen LogP contribution in [0.25, 0.3) is 0 Å². The van der Waals surface area contributed by atoms with Crippen molar-refractivity contribution in [3.8, 4) is 0 Å². The summed E-state index contributed by atoms with van der Waals surface area (Å²) in [5.41, 5.74) is 0. The predicted octanol–water partition coefficient (Wildman–Crippen LogP) is -30.4. The molecule has 0 radical (unpaired) electrons. The molecule has 0 fully saturated rings. The molecule has 0 bridgehead atoms. The number of hydrogen-bond donors (Lipinski definition) is 0. The van der Waals surface area contributed by atoms with E-state index in [1.807, 2.05) is 0 Å². The van der Waals surface area contributed by atoms with E-state index >= 15 is 0 Å². The molecule has 248 valence electrons. The van der Waals surface area contributed by atoms with Crippen molar-refractivity contribution in [2.45, 2.75) is 71.1 Å². The molecule has 0 spiro atoms. The normalized spacial score (nSPS) is 9.25. The van der Waals surface area contributed by atoms with Crippen molar-refractivity contribution in [1.29, 1.82) is 0 Å². The molecule has 0 aromatic carbocycles. The smallest absolute Gasteiger partial charge is 1.00 e. The van der Waals surface area contributed by atoms with Crippen molar-refractivity contribution in [2.75, 3.05) is 6.61 Å². The molecule has 0 aliphatic rings. The molecule has 0 unspecified atom stereocenters. The van der Waals surface area contributed by atoms with Crippen LogP contribution in [0.5, 0.6) is 0 Å². The number of halogens is 2. The van der Waals surface area contributed by atoms with Gasteiger partial charge in [-0.15, -0.1) is 0 Å². The first-order valence-corrected chi connectivity index (χ1v) is 16.7. The zero-order chi connectivity index (χ0) is 29.7. The van der Waals surface area contributed by atoms with Crippen LogP contribution < -0.4 is 256 Å². The third-order valence-electron chi connectivity index (χ3n) is 2.93. The van der Waals surface area contributed by atoms with Crippen LogP contribution in [0.15, 0.2) is 0 Å². The van der Waals surface area contributed by atoms with E-state index in [2.05, 4.69) is 15.4 Å². The molecule has 0 atom stereocenters. The van der Waals surface area contributed by atoms with E-state index in [4.69, 9.17) is 33.6 Å². The van der Waals surface area contributed by atoms with Gasteiger partial charge in [-0.3, -0.25) is 4.18 Å². The summed E-state index contributed by atoms with van der Waals surface area (Å²) >= 11 is 0. The first kappa shape index (κ1) is 107. The zero-order valence-electron chi connectivity index (χ0n) is 28.5. The molecule has 0 aliphatic heterocycles. The van der Waals surface area contributed by atoms with Crippen LogP contribution in [0.4, 0.5) is 4.20 Å². The van der Waals surface area contributed by atoms with Crippen LogP contribution in [-0.4, -0.2) is 106 Å². The van der Waals surface area contributed by atoms with E-state index in [1.165, 1.54) is 44.9 Å². The first-order chi connectivity index (χ1) is 15.8. The van der Waals surface area contributed by atoms with Crippen molar-refractivity contribution < 1.29 is 311 Å². The Morgan fingerprint density at radius 2 is 0.750 bits per heavy atom. The van der Waals surface area contributed by atoms with Crippen molar-refractivity contribution in [2.24, 2.45) is 0 Å². The fourth-order valence-corrected chi connectivity index (χ4v) is 3.17. The summed E-state index contributed by atoms with van der Waals surface area (Å²) in [5, 5.41) is 0. The Hall–Kier alpha value is 9.69. The van der Waals surface area contributed by atoms with Crippen molar-refractivity contribution in [1.82, 2.24) is 0 Å². The summed E-state index contributed by atoms with van der Waals surface area (Å²) in [7, 11) is -26.9. The fraction of sp³-hybridized carbons (Fsp3) is 1.00. The van der Waals surface area contributed by atoms with Crippen molar-refractivity contribution >= 4 is 117 Å². The minimum absolute atomic E-state index is 0. The molecule has 0 rings (SSSR count). The van der Waals surface area contributed by atoms with Gasteiger partial charge >= 0.3 is 282 Å². The predicted molar refractivity (Wildman–Crippen MR) is 119 cm³/mol. The molecule has 0 saturated heterocycles. The second kappa shape index (κ2) is 63.3. The number of hydrogen-bond acceptors (Lipinski definition) is 18. The van der Waals surface area contributed by atoms with Gasteiger partial charge in [0, 0.05) is 0 Å². The summed E-state index contributed by atoms with van der Waals surface area (Å²) in [6.07, 6.45) is 11.7. The molecule has 20 nitrogen and oxygen atoms in total. The molecular formula is C12H29Ca2F2Na7O20P4S. The van der Waals surface area contributed by atoms with Gasteiger partial charge in [0.1, 0.15) is 7.91 Å². The molecule has 0 aromatic rings. The van der Waals surface area contributed by atoms with Crippen molar-refractivity contribution in [3.63, 3.8) is 0 Å². The van der Waals surface area contributed by atoms with Crippen LogP contribution in [0, 0.1) is 0 Å². The second-order valence-corrected chi connectivity index (χ2v) is 11.5. The van der Waals surface area contributed by atoms with Gasteiger partial charge in [0.15, 0.2) is 0 Å². The Kier molecular flexibility index (Phi) is 141. The van der Waals surface area contributed by atoms with Gasteiger partial charge in [-0.1, -0.05) is 64.7 Å². The van der Waals surface area contributed by atoms with E-state index in [0.29, 0.717) is 6.42 Å². The third kappa shape index (κ3) is 189. The van der Waals surface area contributed by atoms with Gasteiger partial charge in [-0.25, -0.2) is 12.6 Å². The quantitative estimate of drug-likeness (QED) is 0.0513. The zero-order valence-corrected chi connectivity index (χ0v) is 51.3. The molecule has 4 N–H and O–H groups in total. The maximum absolute atomic E-state index is 10.1. The summed E-state index contributed by atoms with van der Waals surface area (Å²) < 4.78 is 82.7. The molecule has 0 aliphatic carbocycles. The maximum Gasteiger partial charge on any atom is 2.00 e. The Morgan fingerprint density at radius 1 is 0.562 bits per heavy atom. The Bertz CT molecular complexity index is 804. The number of rotatable bonds is 14. The summed E-state index contributed by atoms with van der Waals surface area (Å²) in [4.78, 5) is 79.8. The summed E-state index contributed by atoms with van der Waals surface area (Å²) in [6.45, 7) is 2.24. The standard InChI is InChI=1S/C12H26O4S.2Ca.FH2O3P.FH.7Na.H4O7P2.H3O4P.2H2O/c1-2-3-4-5-6-7-8-9-10-11-12-16-17(13,14)15;;;1-5(2,3)4;;;;;;;;;1-8(2,3)7-9(4,5)6;1-5(2,3)4;;/h2-12H2,1H3,(H,13,14,15);;;(H2,2,3,4);1H;;;;;;;;(H2,1,2,3)(H2,4,5,6);(H3,1,2,3,4);2*1H2/q;2*+2;;;7*+1;;;;/p-11. The minimum atomic E-state index is -5.68. The molecule has 0 amide bonds. The third-order valence-corrected chi connectivity index (χ3v) is 4.98. The average molecular weight is 928 g/mol. The van der Waals surface area contributed by atoms with E-state index in [-0.39, 0.29) is 305 Å². The summed E-state index contributed by atoms with van der Waals surface area (Å²) in [5.74, 6) is 0. The van der Waals surface area contributed by atoms with Gasteiger partial charge in [-0.05, 0) is 6.42 Å². The molecule has 0 saturated carbocycles. The van der Waals surface area contributed by atoms with E-state index in [9.17, 15) is 45.9 Å². The van der Waals surface area contributed by atoms with Crippen LogP contribution in [0.1, 0.15) is 71.1 Å². The van der Waals surface area contributed by atoms with Gasteiger partial charge in [0.2, 0.25) is 10.4 Å². The first-order valence-electron chi connectivity index (χ1n) is 9.57. The molecular weight excluding hydrogens is 899 g/mol. The SMILES string of the molecule is CCCCCCCCCCCCOS(=O)(=O)[O-].O.O.O=P([O-])([O-])F.O=P([O-])([O-])OP(=O)([O-])[O-].O=P([O-])([O-])[O-].[Ca+2].[Ca+2].[F-].[Na+].[Na+].[Na+].[Na+].[Na+].[Na+].[Na+]. The van der Waals surface area contributed by atoms with Crippen molar-refractivity contribution in [3.05, 3.63) is 0 Å². The number of unbranched alkanes of at least 4 members (excludes halogenated alkanes) is 9. The minimum Gasteiger partial charge on any atom is -1.00 e. The molecule has 0 aromatic heterocycles. The second-order valence-electron chi connectivity index (χ2n) is 6.27. The average Bonchev–Trinajstić information content (AvgIpc) is 2.53. The van der Waals surface area contributed by atoms with E-state index in [1.54, 1.807) is 0 Å². The molecule has 48 heavy (non-hydrogen) atoms. The monoisotopic (exact) mass is 928 g/mol. The van der Waals surface area contributed by atoms with Crippen LogP contribution >= 0.6 is 31.4 Å².